The second kappa shape index (κ2) is 15.6. The number of aryl methyl sites for hydroxylation is 1. The average molecular weight is 777 g/mol. The number of aromatic nitrogens is 1. The van der Waals surface area contributed by atoms with Gasteiger partial charge < -0.3 is 9.64 Å². The maximum absolute atomic E-state index is 14.1. The Morgan fingerprint density at radius 2 is 1.95 bits per heavy atom. The summed E-state index contributed by atoms with van der Waals surface area (Å²) in [6, 6.07) is 1.80. The second-order valence-corrected chi connectivity index (χ2v) is 8.99. The van der Waals surface area contributed by atoms with Crippen LogP contribution in [0.25, 0.3) is 0 Å². The molecule has 5 nitrogen and oxygen atoms in total. The van der Waals surface area contributed by atoms with Crippen LogP contribution < -0.4 is 4.90 Å². The maximum atomic E-state index is 14.1. The van der Waals surface area contributed by atoms with E-state index in [1.807, 2.05) is 45.8 Å². The number of rotatable bonds is 10. The van der Waals surface area contributed by atoms with Gasteiger partial charge in [-0.1, -0.05) is 30.3 Å². The van der Waals surface area contributed by atoms with Gasteiger partial charge in [0, 0.05) is 60.7 Å². The van der Waals surface area contributed by atoms with Crippen molar-refractivity contribution >= 4 is 28.9 Å². The normalized spacial score (nSPS) is 14.7. The fourth-order valence-electron chi connectivity index (χ4n) is 3.24. The number of hydrogen-bond acceptors (Lipinski definition) is 5. The third-order valence-corrected chi connectivity index (χ3v) is 5.82. The molecule has 2 heterocycles. The van der Waals surface area contributed by atoms with Crippen molar-refractivity contribution in [2.75, 3.05) is 11.5 Å². The van der Waals surface area contributed by atoms with Gasteiger partial charge in [-0.2, -0.15) is 5.92 Å². The van der Waals surface area contributed by atoms with E-state index >= 15 is 0 Å². The van der Waals surface area contributed by atoms with Crippen LogP contribution in [0, 0.1) is 44.0 Å². The summed E-state index contributed by atoms with van der Waals surface area (Å²) in [7, 11) is 0. The van der Waals surface area contributed by atoms with Gasteiger partial charge in [0.15, 0.2) is 11.6 Å². The maximum Gasteiger partial charge on any atom is 0.154 e. The van der Waals surface area contributed by atoms with Gasteiger partial charge in [0.1, 0.15) is 29.1 Å². The molecule has 0 N–H and O–H groups in total. The molecule has 0 aliphatic carbocycles. The third kappa shape index (κ3) is 8.81. The molecule has 0 radical (unpaired) electrons. The van der Waals surface area contributed by atoms with E-state index in [2.05, 4.69) is 23.1 Å². The van der Waals surface area contributed by atoms with Gasteiger partial charge in [0.25, 0.3) is 0 Å². The Bertz CT molecular complexity index is 1360. The summed E-state index contributed by atoms with van der Waals surface area (Å²) in [6.45, 7) is 18.0. The molecule has 0 fully saturated rings. The molecule has 39 heavy (non-hydrogen) atoms. The molecule has 204 valence electrons. The molecule has 0 aromatic carbocycles. The number of ether oxygens (including phenoxy) is 1. The second-order valence-electron chi connectivity index (χ2n) is 8.61. The van der Waals surface area contributed by atoms with E-state index < -0.39 is 11.7 Å². The Labute approximate surface area is 258 Å². The zero-order chi connectivity index (χ0) is 28.6. The first kappa shape index (κ1) is 34.1. The molecular formula is C30H31ClF2N3O2U-. The number of nitrogens with zero attached hydrogens (tertiary/aromatic N) is 3. The Kier molecular flexibility index (Phi) is 13.7. The molecule has 0 unspecified atom stereocenters. The smallest absolute Gasteiger partial charge is 0.154 e. The van der Waals surface area contributed by atoms with Crippen LogP contribution in [0.5, 0.6) is 0 Å². The van der Waals surface area contributed by atoms with E-state index in [1.54, 1.807) is 30.2 Å². The van der Waals surface area contributed by atoms with Gasteiger partial charge in [0.05, 0.1) is 17.1 Å². The number of pyridine rings is 1. The van der Waals surface area contributed by atoms with Crippen molar-refractivity contribution in [3.8, 4) is 0 Å². The van der Waals surface area contributed by atoms with Crippen LogP contribution in [0.3, 0.4) is 0 Å². The molecule has 1 aromatic heterocycles. The van der Waals surface area contributed by atoms with Crippen LogP contribution in [0.1, 0.15) is 45.9 Å². The Morgan fingerprint density at radius 1 is 1.28 bits per heavy atom. The summed E-state index contributed by atoms with van der Waals surface area (Å²) in [6.07, 6.45) is 8.80. The number of aliphatic imine (C=N–C) groups is 1. The minimum atomic E-state index is -0.862. The van der Waals surface area contributed by atoms with E-state index in [0.29, 0.717) is 34.6 Å². The minimum absolute atomic E-state index is 0. The number of anilines is 1. The molecule has 0 atom stereocenters. The molecular weight excluding hydrogens is 746 g/mol. The summed E-state index contributed by atoms with van der Waals surface area (Å²) >= 11 is 6.53. The summed E-state index contributed by atoms with van der Waals surface area (Å²) in [4.78, 5) is 22.9. The molecule has 0 saturated carbocycles. The summed E-state index contributed by atoms with van der Waals surface area (Å²) in [5.41, 5.74) is 3.72. The molecule has 0 amide bonds. The van der Waals surface area contributed by atoms with Crippen LogP contribution in [0.2, 0.25) is 0 Å². The van der Waals surface area contributed by atoms with E-state index in [1.165, 1.54) is 6.92 Å². The summed E-state index contributed by atoms with van der Waals surface area (Å²) in [5.74, 6) is 1.39. The number of allylic oxidation sites excluding steroid dienone is 9. The van der Waals surface area contributed by atoms with Crippen molar-refractivity contribution in [3.63, 3.8) is 0 Å². The van der Waals surface area contributed by atoms with Crippen molar-refractivity contribution in [2.24, 2.45) is 4.99 Å². The molecule has 1 aliphatic heterocycles. The van der Waals surface area contributed by atoms with Gasteiger partial charge in [0.2, 0.25) is 0 Å². The van der Waals surface area contributed by atoms with E-state index in [4.69, 9.17) is 16.3 Å². The van der Waals surface area contributed by atoms with Crippen molar-refractivity contribution in [1.82, 2.24) is 4.98 Å². The van der Waals surface area contributed by atoms with Crippen LogP contribution in [0.4, 0.5) is 14.5 Å². The van der Waals surface area contributed by atoms with E-state index in [0.717, 1.165) is 17.6 Å². The van der Waals surface area contributed by atoms with Gasteiger partial charge >= 0.3 is 0 Å². The first-order chi connectivity index (χ1) is 17.9. The molecule has 1 aromatic rings. The molecule has 2 rings (SSSR count). The van der Waals surface area contributed by atoms with Crippen molar-refractivity contribution < 1.29 is 49.4 Å². The Balaban J connectivity index is 0.00000760. The first-order valence-electron chi connectivity index (χ1n) is 11.8. The van der Waals surface area contributed by atoms with Crippen molar-refractivity contribution in [3.05, 3.63) is 118 Å². The molecule has 1 aliphatic rings. The minimum Gasteiger partial charge on any atom is -0.487 e. The largest absolute Gasteiger partial charge is 0.487 e. The number of halogens is 3. The monoisotopic (exact) mass is 776 g/mol. The van der Waals surface area contributed by atoms with Crippen LogP contribution >= 0.6 is 11.6 Å². The zero-order valence-electron chi connectivity index (χ0n) is 23.0. The fourth-order valence-corrected chi connectivity index (χ4v) is 3.48. The number of hydrogen-bond donors (Lipinski definition) is 0. The predicted molar refractivity (Wildman–Crippen MR) is 152 cm³/mol. The summed E-state index contributed by atoms with van der Waals surface area (Å²) < 4.78 is 33.1. The Morgan fingerprint density at radius 3 is 2.51 bits per heavy atom. The SMILES string of the molecule is C=C(COC1=C(Cl)C(=C=O)N(c2cc(C(/C=C\C)=NC(=C)[C-](C)C)ncc2C)C(C)=C1)/C(F)=C\C(F)=C/C.[U]. The van der Waals surface area contributed by atoms with E-state index in [-0.39, 0.29) is 59.8 Å². The molecule has 0 bridgehead atoms. The Hall–Kier alpha value is -2.88. The topological polar surface area (TPSA) is 54.8 Å². The van der Waals surface area contributed by atoms with E-state index in [9.17, 15) is 13.6 Å². The van der Waals surface area contributed by atoms with Crippen LogP contribution in [-0.2, 0) is 9.53 Å². The van der Waals surface area contributed by atoms with Crippen molar-refractivity contribution in [2.45, 2.75) is 41.5 Å². The van der Waals surface area contributed by atoms with Crippen LogP contribution in [0.15, 0.2) is 106 Å². The van der Waals surface area contributed by atoms with Gasteiger partial charge in [-0.15, -0.1) is 19.5 Å². The first-order valence-corrected chi connectivity index (χ1v) is 12.1. The van der Waals surface area contributed by atoms with Gasteiger partial charge in [-0.3, -0.25) is 9.98 Å². The third-order valence-electron chi connectivity index (χ3n) is 5.45. The standard InChI is InChI=1S/C30H31ClF2N3O2.U/c1-9-11-25(35-22(8)18(3)4)26-14-27(19(5)15-34-26)36-21(7)12-29(30(31)28(36)16-37)38-17-20(6)24(33)13-23(32)10-2;/h9-15H,6,8,17H2,1-5,7H3;/q-1;/b11-9-,23-10+,24-13+,35-25?;. The predicted octanol–water partition coefficient (Wildman–Crippen LogP) is 8.07. The summed E-state index contributed by atoms with van der Waals surface area (Å²) in [5, 5.41) is -0.0212. The fraction of sp³-hybridized carbons (Fsp3) is 0.233. The van der Waals surface area contributed by atoms with Crippen molar-refractivity contribution in [1.29, 1.82) is 0 Å². The van der Waals surface area contributed by atoms with Gasteiger partial charge in [-0.25, -0.2) is 20.2 Å². The average Bonchev–Trinajstić information content (AvgIpc) is 2.88. The molecule has 9 heteroatoms. The van der Waals surface area contributed by atoms with Gasteiger partial charge in [-0.05, 0) is 45.4 Å². The van der Waals surface area contributed by atoms with Crippen LogP contribution in [-0.4, -0.2) is 23.2 Å². The molecule has 0 spiro atoms. The zero-order valence-corrected chi connectivity index (χ0v) is 27.9. The number of carbonyl (C=O) groups excluding carboxylic acids is 1. The quantitative estimate of drug-likeness (QED) is 0.105. The molecule has 0 saturated heterocycles.